The fourth-order valence-corrected chi connectivity index (χ4v) is 3.73. The second-order valence-corrected chi connectivity index (χ2v) is 6.35. The summed E-state index contributed by atoms with van der Waals surface area (Å²) < 4.78 is 26.7. The van der Waals surface area contributed by atoms with Crippen molar-refractivity contribution in [1.82, 2.24) is 4.72 Å². The van der Waals surface area contributed by atoms with Gasteiger partial charge in [-0.25, -0.2) is 13.1 Å². The molecule has 0 saturated heterocycles. The Bertz CT molecular complexity index is 535. The monoisotopic (exact) mass is 308 g/mol. The SMILES string of the molecule is C=CCC(C)NS(=O)(=O)c1c(N)cc(Cl)cc1Cl. The van der Waals surface area contributed by atoms with Crippen LogP contribution in [-0.4, -0.2) is 14.5 Å². The number of sulfonamides is 1. The minimum absolute atomic E-state index is 0.00157. The molecular formula is C11H14Cl2N2O2S. The standard InChI is InChI=1S/C11H14Cl2N2O2S/c1-3-4-7(2)15-18(16,17)11-9(13)5-8(12)6-10(11)14/h3,5-7,15H,1,4,14H2,2H3. The predicted octanol–water partition coefficient (Wildman–Crippen LogP) is 2.82. The lowest BCUT2D eigenvalue weighted by atomic mass is 10.3. The lowest BCUT2D eigenvalue weighted by Crippen LogP contribution is -2.32. The van der Waals surface area contributed by atoms with E-state index in [9.17, 15) is 8.42 Å². The van der Waals surface area contributed by atoms with Crippen LogP contribution in [-0.2, 0) is 10.0 Å². The summed E-state index contributed by atoms with van der Waals surface area (Å²) in [6, 6.07) is 2.39. The number of hydrogen-bond acceptors (Lipinski definition) is 3. The zero-order chi connectivity index (χ0) is 13.9. The van der Waals surface area contributed by atoms with E-state index >= 15 is 0 Å². The van der Waals surface area contributed by atoms with Crippen molar-refractivity contribution in [2.45, 2.75) is 24.3 Å². The molecule has 0 bridgehead atoms. The van der Waals surface area contributed by atoms with E-state index in [0.29, 0.717) is 6.42 Å². The Morgan fingerprint density at radius 3 is 2.61 bits per heavy atom. The van der Waals surface area contributed by atoms with Gasteiger partial charge in [0, 0.05) is 11.1 Å². The minimum atomic E-state index is -3.77. The summed E-state index contributed by atoms with van der Waals surface area (Å²) in [7, 11) is -3.77. The molecule has 18 heavy (non-hydrogen) atoms. The number of benzene rings is 1. The third kappa shape index (κ3) is 3.62. The highest BCUT2D eigenvalue weighted by atomic mass is 35.5. The third-order valence-electron chi connectivity index (χ3n) is 2.18. The maximum absolute atomic E-state index is 12.1. The number of hydrogen-bond donors (Lipinski definition) is 2. The topological polar surface area (TPSA) is 72.2 Å². The molecule has 0 heterocycles. The molecule has 4 nitrogen and oxygen atoms in total. The van der Waals surface area contributed by atoms with Gasteiger partial charge in [0.25, 0.3) is 0 Å². The highest BCUT2D eigenvalue weighted by Gasteiger charge is 2.23. The number of anilines is 1. The van der Waals surface area contributed by atoms with Crippen molar-refractivity contribution in [1.29, 1.82) is 0 Å². The highest BCUT2D eigenvalue weighted by molar-refractivity contribution is 7.89. The van der Waals surface area contributed by atoms with E-state index in [4.69, 9.17) is 28.9 Å². The van der Waals surface area contributed by atoms with Crippen LogP contribution in [0.3, 0.4) is 0 Å². The second kappa shape index (κ2) is 5.93. The van der Waals surface area contributed by atoms with Crippen LogP contribution in [0.15, 0.2) is 29.7 Å². The van der Waals surface area contributed by atoms with Gasteiger partial charge < -0.3 is 5.73 Å². The molecule has 0 spiro atoms. The molecule has 0 aliphatic heterocycles. The van der Waals surface area contributed by atoms with E-state index in [1.165, 1.54) is 12.1 Å². The molecule has 1 atom stereocenters. The van der Waals surface area contributed by atoms with E-state index in [-0.39, 0.29) is 26.7 Å². The van der Waals surface area contributed by atoms with Gasteiger partial charge in [-0.3, -0.25) is 0 Å². The molecule has 1 aromatic carbocycles. The summed E-state index contributed by atoms with van der Waals surface area (Å²) in [5.74, 6) is 0. The summed E-state index contributed by atoms with van der Waals surface area (Å²) in [5.41, 5.74) is 5.67. The summed E-state index contributed by atoms with van der Waals surface area (Å²) in [6.07, 6.45) is 2.13. The lowest BCUT2D eigenvalue weighted by molar-refractivity contribution is 0.562. The highest BCUT2D eigenvalue weighted by Crippen LogP contribution is 2.31. The number of rotatable bonds is 5. The summed E-state index contributed by atoms with van der Waals surface area (Å²) in [4.78, 5) is -0.149. The van der Waals surface area contributed by atoms with Crippen LogP contribution in [0.25, 0.3) is 0 Å². The van der Waals surface area contributed by atoms with Crippen LogP contribution in [0.4, 0.5) is 5.69 Å². The van der Waals surface area contributed by atoms with Crippen molar-refractivity contribution in [3.8, 4) is 0 Å². The van der Waals surface area contributed by atoms with E-state index < -0.39 is 10.0 Å². The molecule has 3 N–H and O–H groups in total. The first-order chi connectivity index (χ1) is 8.27. The largest absolute Gasteiger partial charge is 0.398 e. The molecule has 100 valence electrons. The van der Waals surface area contributed by atoms with Gasteiger partial charge in [0.1, 0.15) is 4.90 Å². The van der Waals surface area contributed by atoms with Crippen LogP contribution in [0.1, 0.15) is 13.3 Å². The Balaban J connectivity index is 3.17. The van der Waals surface area contributed by atoms with Gasteiger partial charge in [0.2, 0.25) is 10.0 Å². The summed E-state index contributed by atoms with van der Waals surface area (Å²) >= 11 is 11.6. The minimum Gasteiger partial charge on any atom is -0.398 e. The van der Waals surface area contributed by atoms with Crippen LogP contribution in [0.2, 0.25) is 10.0 Å². The Morgan fingerprint density at radius 1 is 1.50 bits per heavy atom. The van der Waals surface area contributed by atoms with E-state index in [1.807, 2.05) is 0 Å². The summed E-state index contributed by atoms with van der Waals surface area (Å²) in [5, 5.41) is 0.286. The quantitative estimate of drug-likeness (QED) is 0.649. The molecule has 0 fully saturated rings. The molecule has 0 saturated carbocycles. The maximum Gasteiger partial charge on any atom is 0.244 e. The van der Waals surface area contributed by atoms with E-state index in [2.05, 4.69) is 11.3 Å². The van der Waals surface area contributed by atoms with Gasteiger partial charge in [0.05, 0.1) is 10.7 Å². The zero-order valence-corrected chi connectivity index (χ0v) is 12.1. The average molecular weight is 309 g/mol. The summed E-state index contributed by atoms with van der Waals surface area (Å²) in [6.45, 7) is 5.27. The maximum atomic E-state index is 12.1. The van der Waals surface area contributed by atoms with Gasteiger partial charge in [-0.15, -0.1) is 6.58 Å². The van der Waals surface area contributed by atoms with Crippen molar-refractivity contribution in [2.24, 2.45) is 0 Å². The number of nitrogens with two attached hydrogens (primary N) is 1. The van der Waals surface area contributed by atoms with Gasteiger partial charge in [0.15, 0.2) is 0 Å². The molecule has 1 unspecified atom stereocenters. The molecule has 0 aliphatic carbocycles. The molecular weight excluding hydrogens is 295 g/mol. The number of halogens is 2. The number of nitrogens with one attached hydrogen (secondary N) is 1. The molecule has 7 heteroatoms. The van der Waals surface area contributed by atoms with Crippen molar-refractivity contribution in [3.63, 3.8) is 0 Å². The predicted molar refractivity (Wildman–Crippen MR) is 75.5 cm³/mol. The fourth-order valence-electron chi connectivity index (χ4n) is 1.49. The van der Waals surface area contributed by atoms with Gasteiger partial charge in [-0.1, -0.05) is 29.3 Å². The molecule has 0 aromatic heterocycles. The van der Waals surface area contributed by atoms with Gasteiger partial charge in [-0.2, -0.15) is 0 Å². The number of nitrogen functional groups attached to an aromatic ring is 1. The molecule has 0 aliphatic rings. The first kappa shape index (κ1) is 15.3. The van der Waals surface area contributed by atoms with Crippen molar-refractivity contribution < 1.29 is 8.42 Å². The van der Waals surface area contributed by atoms with Crippen molar-refractivity contribution in [2.75, 3.05) is 5.73 Å². The lowest BCUT2D eigenvalue weighted by Gasteiger charge is -2.15. The first-order valence-corrected chi connectivity index (χ1v) is 7.39. The molecule has 0 amide bonds. The molecule has 1 aromatic rings. The van der Waals surface area contributed by atoms with Crippen LogP contribution in [0.5, 0.6) is 0 Å². The fraction of sp³-hybridized carbons (Fsp3) is 0.273. The smallest absolute Gasteiger partial charge is 0.244 e. The third-order valence-corrected chi connectivity index (χ3v) is 4.52. The first-order valence-electron chi connectivity index (χ1n) is 5.15. The Labute approximate surface area is 117 Å². The van der Waals surface area contributed by atoms with E-state index in [0.717, 1.165) is 0 Å². The molecule has 1 rings (SSSR count). The van der Waals surface area contributed by atoms with Gasteiger partial charge >= 0.3 is 0 Å². The van der Waals surface area contributed by atoms with Crippen LogP contribution < -0.4 is 10.5 Å². The molecule has 0 radical (unpaired) electrons. The Morgan fingerprint density at radius 2 is 2.11 bits per heavy atom. The van der Waals surface area contributed by atoms with Crippen molar-refractivity contribution in [3.05, 3.63) is 34.8 Å². The van der Waals surface area contributed by atoms with Crippen LogP contribution >= 0.6 is 23.2 Å². The van der Waals surface area contributed by atoms with Crippen LogP contribution in [0, 0.1) is 0 Å². The Hall–Kier alpha value is -0.750. The Kier molecular flexibility index (Phi) is 5.04. The van der Waals surface area contributed by atoms with Gasteiger partial charge in [-0.05, 0) is 25.5 Å². The second-order valence-electron chi connectivity index (χ2n) is 3.85. The van der Waals surface area contributed by atoms with Crippen molar-refractivity contribution >= 4 is 38.9 Å². The van der Waals surface area contributed by atoms with E-state index in [1.54, 1.807) is 13.0 Å². The normalized spacial score (nSPS) is 13.3. The average Bonchev–Trinajstić information content (AvgIpc) is 2.13. The zero-order valence-electron chi connectivity index (χ0n) is 9.78.